The lowest BCUT2D eigenvalue weighted by molar-refractivity contribution is -0.136. The van der Waals surface area contributed by atoms with Crippen LogP contribution in [0.4, 0.5) is 24.5 Å². The van der Waals surface area contributed by atoms with Crippen LogP contribution in [0.5, 0.6) is 0 Å². The van der Waals surface area contributed by atoms with Crippen molar-refractivity contribution in [3.63, 3.8) is 0 Å². The predicted octanol–water partition coefficient (Wildman–Crippen LogP) is 4.66. The number of nitrogens with one attached hydrogen (secondary N) is 1. The summed E-state index contributed by atoms with van der Waals surface area (Å²) < 4.78 is 39.6. The van der Waals surface area contributed by atoms with Gasteiger partial charge < -0.3 is 11.1 Å². The first-order valence-electron chi connectivity index (χ1n) is 5.82. The minimum atomic E-state index is -4.44. The second-order valence-corrected chi connectivity index (χ2v) is 5.10. The van der Waals surface area contributed by atoms with E-state index in [1.165, 1.54) is 12.1 Å². The summed E-state index contributed by atoms with van der Waals surface area (Å²) in [7, 11) is 0. The summed E-state index contributed by atoms with van der Waals surface area (Å²) in [5, 5.41) is 2.80. The first-order valence-corrected chi connectivity index (χ1v) is 6.61. The molecule has 0 atom stereocenters. The Morgan fingerprint density at radius 1 is 1.10 bits per heavy atom. The van der Waals surface area contributed by atoms with Crippen molar-refractivity contribution in [2.24, 2.45) is 0 Å². The van der Waals surface area contributed by atoms with Crippen molar-refractivity contribution in [2.75, 3.05) is 11.1 Å². The number of alkyl halides is 3. The lowest BCUT2D eigenvalue weighted by atomic mass is 10.1. The Bertz CT molecular complexity index is 612. The van der Waals surface area contributed by atoms with Crippen LogP contribution in [0.2, 0.25) is 0 Å². The molecule has 0 saturated carbocycles. The van der Waals surface area contributed by atoms with Crippen LogP contribution in [0.1, 0.15) is 11.1 Å². The maximum Gasteiger partial charge on any atom is 0.418 e. The molecule has 2 nitrogen and oxygen atoms in total. The van der Waals surface area contributed by atoms with Gasteiger partial charge >= 0.3 is 6.18 Å². The Hall–Kier alpha value is -1.69. The van der Waals surface area contributed by atoms with Crippen molar-refractivity contribution in [2.45, 2.75) is 12.7 Å². The molecule has 2 aromatic carbocycles. The molecule has 0 fully saturated rings. The second-order valence-electron chi connectivity index (χ2n) is 4.25. The molecule has 0 heterocycles. The van der Waals surface area contributed by atoms with Gasteiger partial charge in [-0.05, 0) is 29.8 Å². The van der Waals surface area contributed by atoms with Crippen molar-refractivity contribution >= 4 is 27.3 Å². The molecule has 0 aromatic heterocycles. The fourth-order valence-corrected chi connectivity index (χ4v) is 2.21. The monoisotopic (exact) mass is 344 g/mol. The van der Waals surface area contributed by atoms with Crippen LogP contribution in [0.15, 0.2) is 46.9 Å². The number of hydrogen-bond donors (Lipinski definition) is 2. The predicted molar refractivity (Wildman–Crippen MR) is 77.3 cm³/mol. The summed E-state index contributed by atoms with van der Waals surface area (Å²) in [6.45, 7) is 0.286. The van der Waals surface area contributed by atoms with Gasteiger partial charge in [0.05, 0.1) is 5.56 Å². The Kier molecular flexibility index (Phi) is 4.23. The summed E-state index contributed by atoms with van der Waals surface area (Å²) in [5.74, 6) is 0. The fraction of sp³-hybridized carbons (Fsp3) is 0.143. The van der Waals surface area contributed by atoms with Gasteiger partial charge in [-0.3, -0.25) is 0 Å². The SMILES string of the molecule is Nc1ccc(NCc2ccccc2Br)c(C(F)(F)F)c1. The summed E-state index contributed by atoms with van der Waals surface area (Å²) >= 11 is 3.36. The third-order valence-electron chi connectivity index (χ3n) is 2.78. The normalized spacial score (nSPS) is 11.4. The van der Waals surface area contributed by atoms with Gasteiger partial charge in [0.2, 0.25) is 0 Å². The zero-order valence-corrected chi connectivity index (χ0v) is 11.9. The van der Waals surface area contributed by atoms with Gasteiger partial charge in [-0.25, -0.2) is 0 Å². The Balaban J connectivity index is 2.24. The summed E-state index contributed by atoms with van der Waals surface area (Å²) in [6, 6.07) is 11.1. The van der Waals surface area contributed by atoms with Crippen LogP contribution in [0.25, 0.3) is 0 Å². The van der Waals surface area contributed by atoms with Crippen LogP contribution < -0.4 is 11.1 Å². The molecule has 2 aromatic rings. The van der Waals surface area contributed by atoms with E-state index in [0.29, 0.717) is 0 Å². The van der Waals surface area contributed by atoms with Gasteiger partial charge in [0.15, 0.2) is 0 Å². The van der Waals surface area contributed by atoms with Crippen LogP contribution in [0.3, 0.4) is 0 Å². The van der Waals surface area contributed by atoms with E-state index < -0.39 is 11.7 Å². The molecule has 0 spiro atoms. The summed E-state index contributed by atoms with van der Waals surface area (Å²) in [5.41, 5.74) is 5.64. The zero-order valence-electron chi connectivity index (χ0n) is 10.3. The van der Waals surface area contributed by atoms with E-state index in [1.54, 1.807) is 0 Å². The van der Waals surface area contributed by atoms with Gasteiger partial charge in [0, 0.05) is 22.4 Å². The number of hydrogen-bond acceptors (Lipinski definition) is 2. The molecule has 0 saturated heterocycles. The van der Waals surface area contributed by atoms with Crippen molar-refractivity contribution < 1.29 is 13.2 Å². The maximum atomic E-state index is 12.9. The molecule has 3 N–H and O–H groups in total. The third kappa shape index (κ3) is 3.45. The van der Waals surface area contributed by atoms with Gasteiger partial charge in [0.1, 0.15) is 0 Å². The highest BCUT2D eigenvalue weighted by Crippen LogP contribution is 2.36. The van der Waals surface area contributed by atoms with E-state index in [1.807, 2.05) is 24.3 Å². The average Bonchev–Trinajstić information content (AvgIpc) is 2.38. The lowest BCUT2D eigenvalue weighted by Gasteiger charge is -2.15. The minimum absolute atomic E-state index is 0.0162. The van der Waals surface area contributed by atoms with E-state index in [2.05, 4.69) is 21.2 Å². The largest absolute Gasteiger partial charge is 0.418 e. The van der Waals surface area contributed by atoms with E-state index in [0.717, 1.165) is 16.1 Å². The zero-order chi connectivity index (χ0) is 14.8. The molecule has 20 heavy (non-hydrogen) atoms. The molecule has 0 aliphatic rings. The molecule has 0 bridgehead atoms. The highest BCUT2D eigenvalue weighted by molar-refractivity contribution is 9.10. The molecule has 0 aliphatic heterocycles. The van der Waals surface area contributed by atoms with Crippen LogP contribution in [0, 0.1) is 0 Å². The summed E-state index contributed by atoms with van der Waals surface area (Å²) in [6.07, 6.45) is -4.44. The number of rotatable bonds is 3. The van der Waals surface area contributed by atoms with Crippen LogP contribution >= 0.6 is 15.9 Å². The van der Waals surface area contributed by atoms with Gasteiger partial charge in [-0.15, -0.1) is 0 Å². The highest BCUT2D eigenvalue weighted by Gasteiger charge is 2.33. The van der Waals surface area contributed by atoms with Crippen molar-refractivity contribution in [1.29, 1.82) is 0 Å². The molecule has 0 amide bonds. The molecule has 106 valence electrons. The Morgan fingerprint density at radius 2 is 1.80 bits per heavy atom. The van der Waals surface area contributed by atoms with E-state index in [4.69, 9.17) is 5.73 Å². The lowest BCUT2D eigenvalue weighted by Crippen LogP contribution is -2.11. The molecular formula is C14H12BrF3N2. The van der Waals surface area contributed by atoms with E-state index >= 15 is 0 Å². The first kappa shape index (κ1) is 14.7. The summed E-state index contributed by atoms with van der Waals surface area (Å²) in [4.78, 5) is 0. The molecule has 2 rings (SSSR count). The highest BCUT2D eigenvalue weighted by atomic mass is 79.9. The third-order valence-corrected chi connectivity index (χ3v) is 3.55. The van der Waals surface area contributed by atoms with Gasteiger partial charge in [-0.1, -0.05) is 34.1 Å². The number of nitrogen functional groups attached to an aromatic ring is 1. The van der Waals surface area contributed by atoms with Gasteiger partial charge in [0.25, 0.3) is 0 Å². The minimum Gasteiger partial charge on any atom is -0.399 e. The standard InChI is InChI=1S/C14H12BrF3N2/c15-12-4-2-1-3-9(12)8-20-13-6-5-10(19)7-11(13)14(16,17)18/h1-7,20H,8,19H2. The number of nitrogens with two attached hydrogens (primary N) is 1. The fourth-order valence-electron chi connectivity index (χ4n) is 1.78. The van der Waals surface area contributed by atoms with Crippen LogP contribution in [-0.4, -0.2) is 0 Å². The van der Waals surface area contributed by atoms with Crippen molar-refractivity contribution in [3.05, 3.63) is 58.1 Å². The van der Waals surface area contributed by atoms with E-state index in [9.17, 15) is 13.2 Å². The number of halogens is 4. The number of benzene rings is 2. The first-order chi connectivity index (χ1) is 9.38. The maximum absolute atomic E-state index is 12.9. The van der Waals surface area contributed by atoms with Crippen molar-refractivity contribution in [3.8, 4) is 0 Å². The van der Waals surface area contributed by atoms with Crippen molar-refractivity contribution in [1.82, 2.24) is 0 Å². The molecule has 0 radical (unpaired) electrons. The molecule has 0 unspecified atom stereocenters. The molecular weight excluding hydrogens is 333 g/mol. The van der Waals surface area contributed by atoms with Gasteiger partial charge in [-0.2, -0.15) is 13.2 Å². The quantitative estimate of drug-likeness (QED) is 0.794. The topological polar surface area (TPSA) is 38.0 Å². The Morgan fingerprint density at radius 3 is 2.45 bits per heavy atom. The second kappa shape index (κ2) is 5.75. The Labute approximate surface area is 122 Å². The molecule has 6 heteroatoms. The van der Waals surface area contributed by atoms with E-state index in [-0.39, 0.29) is 17.9 Å². The van der Waals surface area contributed by atoms with Crippen LogP contribution in [-0.2, 0) is 12.7 Å². The number of anilines is 2. The average molecular weight is 345 g/mol. The smallest absolute Gasteiger partial charge is 0.399 e. The molecule has 0 aliphatic carbocycles.